The number of benzene rings is 1. The van der Waals surface area contributed by atoms with Crippen LogP contribution in [0, 0.1) is 5.82 Å². The van der Waals surface area contributed by atoms with Crippen molar-refractivity contribution in [2.75, 3.05) is 25.5 Å². The number of hydrogen-bond donors (Lipinski definition) is 1. The molecule has 3 nitrogen and oxygen atoms in total. The lowest BCUT2D eigenvalue weighted by Crippen LogP contribution is -2.43. The smallest absolute Gasteiger partial charge is 0.125 e. The van der Waals surface area contributed by atoms with E-state index in [2.05, 4.69) is 11.8 Å². The molecule has 1 aromatic rings. The number of morpholine rings is 1. The zero-order chi connectivity index (χ0) is 11.5. The average molecular weight is 224 g/mol. The molecular weight excluding hydrogens is 207 g/mol. The van der Waals surface area contributed by atoms with E-state index in [0.717, 1.165) is 31.9 Å². The molecule has 16 heavy (non-hydrogen) atoms. The number of halogens is 1. The molecule has 1 aromatic carbocycles. The highest BCUT2D eigenvalue weighted by Gasteiger charge is 2.19. The zero-order valence-electron chi connectivity index (χ0n) is 9.45. The summed E-state index contributed by atoms with van der Waals surface area (Å²) in [4.78, 5) is 2.30. The van der Waals surface area contributed by atoms with Crippen molar-refractivity contribution >= 4 is 5.69 Å². The molecule has 1 heterocycles. The van der Waals surface area contributed by atoms with E-state index in [1.54, 1.807) is 6.07 Å². The fourth-order valence-corrected chi connectivity index (χ4v) is 1.92. The molecule has 1 aliphatic rings. The Morgan fingerprint density at radius 3 is 3.06 bits per heavy atom. The first-order chi connectivity index (χ1) is 7.66. The maximum Gasteiger partial charge on any atom is 0.125 e. The summed E-state index contributed by atoms with van der Waals surface area (Å²) in [7, 11) is 0. The molecule has 4 heteroatoms. The van der Waals surface area contributed by atoms with E-state index in [1.165, 1.54) is 12.1 Å². The molecule has 0 bridgehead atoms. The van der Waals surface area contributed by atoms with Crippen LogP contribution in [-0.2, 0) is 11.3 Å². The third-order valence-electron chi connectivity index (χ3n) is 2.99. The number of hydrogen-bond acceptors (Lipinski definition) is 3. The van der Waals surface area contributed by atoms with Crippen LogP contribution in [0.1, 0.15) is 12.5 Å². The van der Waals surface area contributed by atoms with Crippen LogP contribution in [0.2, 0.25) is 0 Å². The summed E-state index contributed by atoms with van der Waals surface area (Å²) in [5.41, 5.74) is 7.29. The fraction of sp³-hybridized carbons (Fsp3) is 0.500. The Morgan fingerprint density at radius 2 is 2.38 bits per heavy atom. The normalized spacial score (nSPS) is 22.2. The summed E-state index contributed by atoms with van der Waals surface area (Å²) in [5.74, 6) is -0.281. The van der Waals surface area contributed by atoms with E-state index in [1.807, 2.05) is 0 Å². The second kappa shape index (κ2) is 4.80. The van der Waals surface area contributed by atoms with Gasteiger partial charge in [-0.1, -0.05) is 6.07 Å². The van der Waals surface area contributed by atoms with E-state index in [9.17, 15) is 4.39 Å². The minimum absolute atomic E-state index is 0.281. The van der Waals surface area contributed by atoms with Crippen LogP contribution in [0.4, 0.5) is 10.1 Å². The van der Waals surface area contributed by atoms with Crippen LogP contribution in [0.15, 0.2) is 18.2 Å². The summed E-state index contributed by atoms with van der Waals surface area (Å²) in [6.45, 7) is 5.29. The molecule has 1 unspecified atom stereocenters. The summed E-state index contributed by atoms with van der Waals surface area (Å²) < 4.78 is 18.3. The van der Waals surface area contributed by atoms with Crippen LogP contribution < -0.4 is 5.73 Å². The molecule has 0 aromatic heterocycles. The fourth-order valence-electron chi connectivity index (χ4n) is 1.92. The Balaban J connectivity index is 2.07. The third-order valence-corrected chi connectivity index (χ3v) is 2.99. The summed E-state index contributed by atoms with van der Waals surface area (Å²) in [5, 5.41) is 0. The first kappa shape index (κ1) is 11.4. The SMILES string of the molecule is CC1COCCN1Cc1ccc(F)cc1N. The number of nitrogens with zero attached hydrogens (tertiary/aromatic N) is 1. The highest BCUT2D eigenvalue weighted by atomic mass is 19.1. The average Bonchev–Trinajstić information content (AvgIpc) is 2.25. The molecule has 1 atom stereocenters. The molecule has 1 fully saturated rings. The molecule has 2 rings (SSSR count). The topological polar surface area (TPSA) is 38.5 Å². The number of ether oxygens (including phenoxy) is 1. The summed E-state index contributed by atoms with van der Waals surface area (Å²) in [6, 6.07) is 4.97. The Labute approximate surface area is 95.0 Å². The summed E-state index contributed by atoms with van der Waals surface area (Å²) >= 11 is 0. The second-order valence-corrected chi connectivity index (χ2v) is 4.24. The van der Waals surface area contributed by atoms with Gasteiger partial charge in [0.25, 0.3) is 0 Å². The van der Waals surface area contributed by atoms with Crippen LogP contribution >= 0.6 is 0 Å². The van der Waals surface area contributed by atoms with E-state index >= 15 is 0 Å². The molecule has 0 aliphatic carbocycles. The Kier molecular flexibility index (Phi) is 3.41. The van der Waals surface area contributed by atoms with Gasteiger partial charge in [0, 0.05) is 24.8 Å². The van der Waals surface area contributed by atoms with E-state index in [4.69, 9.17) is 10.5 Å². The first-order valence-corrected chi connectivity index (χ1v) is 5.52. The van der Waals surface area contributed by atoms with Crippen LogP contribution in [0.3, 0.4) is 0 Å². The van der Waals surface area contributed by atoms with Gasteiger partial charge in [0.05, 0.1) is 13.2 Å². The second-order valence-electron chi connectivity index (χ2n) is 4.24. The lowest BCUT2D eigenvalue weighted by Gasteiger charge is -2.33. The first-order valence-electron chi connectivity index (χ1n) is 5.52. The van der Waals surface area contributed by atoms with Gasteiger partial charge in [-0.15, -0.1) is 0 Å². The van der Waals surface area contributed by atoms with Crippen molar-refractivity contribution in [3.8, 4) is 0 Å². The van der Waals surface area contributed by atoms with Gasteiger partial charge in [-0.25, -0.2) is 4.39 Å². The van der Waals surface area contributed by atoms with Crippen molar-refractivity contribution < 1.29 is 9.13 Å². The van der Waals surface area contributed by atoms with Gasteiger partial charge in [0.1, 0.15) is 5.82 Å². The molecule has 88 valence electrons. The van der Waals surface area contributed by atoms with Gasteiger partial charge in [-0.05, 0) is 24.6 Å². The maximum atomic E-state index is 12.9. The quantitative estimate of drug-likeness (QED) is 0.776. The van der Waals surface area contributed by atoms with Crippen LogP contribution in [0.25, 0.3) is 0 Å². The summed E-state index contributed by atoms with van der Waals surface area (Å²) in [6.07, 6.45) is 0. The molecular formula is C12H17FN2O. The molecule has 2 N–H and O–H groups in total. The Bertz CT molecular complexity index is 370. The van der Waals surface area contributed by atoms with E-state index < -0.39 is 0 Å². The highest BCUT2D eigenvalue weighted by Crippen LogP contribution is 2.18. The van der Waals surface area contributed by atoms with Crippen molar-refractivity contribution in [1.29, 1.82) is 0 Å². The van der Waals surface area contributed by atoms with E-state index in [0.29, 0.717) is 11.7 Å². The maximum absolute atomic E-state index is 12.9. The van der Waals surface area contributed by atoms with Gasteiger partial charge < -0.3 is 10.5 Å². The molecule has 0 spiro atoms. The third kappa shape index (κ3) is 2.51. The van der Waals surface area contributed by atoms with Crippen LogP contribution in [0.5, 0.6) is 0 Å². The molecule has 1 saturated heterocycles. The predicted octanol–water partition coefficient (Wildman–Crippen LogP) is 1.63. The zero-order valence-corrected chi connectivity index (χ0v) is 9.45. The number of nitrogen functional groups attached to an aromatic ring is 1. The van der Waals surface area contributed by atoms with Gasteiger partial charge in [-0.2, -0.15) is 0 Å². The molecule has 1 aliphatic heterocycles. The van der Waals surface area contributed by atoms with Crippen molar-refractivity contribution in [2.45, 2.75) is 19.5 Å². The molecule has 0 amide bonds. The van der Waals surface area contributed by atoms with Crippen molar-refractivity contribution in [3.05, 3.63) is 29.6 Å². The van der Waals surface area contributed by atoms with Crippen molar-refractivity contribution in [3.63, 3.8) is 0 Å². The molecule has 0 radical (unpaired) electrons. The Morgan fingerprint density at radius 1 is 1.56 bits per heavy atom. The van der Waals surface area contributed by atoms with Crippen molar-refractivity contribution in [1.82, 2.24) is 4.90 Å². The largest absolute Gasteiger partial charge is 0.398 e. The van der Waals surface area contributed by atoms with Crippen LogP contribution in [-0.4, -0.2) is 30.7 Å². The highest BCUT2D eigenvalue weighted by molar-refractivity contribution is 5.46. The van der Waals surface area contributed by atoms with Gasteiger partial charge in [-0.3, -0.25) is 4.90 Å². The minimum atomic E-state index is -0.281. The lowest BCUT2D eigenvalue weighted by atomic mass is 10.1. The van der Waals surface area contributed by atoms with Gasteiger partial charge >= 0.3 is 0 Å². The van der Waals surface area contributed by atoms with E-state index in [-0.39, 0.29) is 5.82 Å². The van der Waals surface area contributed by atoms with Gasteiger partial charge in [0.15, 0.2) is 0 Å². The minimum Gasteiger partial charge on any atom is -0.398 e. The standard InChI is InChI=1S/C12H17FN2O/c1-9-8-16-5-4-15(9)7-10-2-3-11(13)6-12(10)14/h2-3,6,9H,4-5,7-8,14H2,1H3. The Hall–Kier alpha value is -1.13. The number of anilines is 1. The lowest BCUT2D eigenvalue weighted by molar-refractivity contribution is -0.00428. The van der Waals surface area contributed by atoms with Crippen molar-refractivity contribution in [2.24, 2.45) is 0 Å². The number of nitrogens with two attached hydrogens (primary N) is 1. The number of rotatable bonds is 2. The van der Waals surface area contributed by atoms with Gasteiger partial charge in [0.2, 0.25) is 0 Å². The predicted molar refractivity (Wildman–Crippen MR) is 61.5 cm³/mol. The molecule has 0 saturated carbocycles. The monoisotopic (exact) mass is 224 g/mol.